The number of aryl methyl sites for hydroxylation is 1. The first-order chi connectivity index (χ1) is 6.74. The molecule has 0 saturated carbocycles. The normalized spacial score (nSPS) is 10.1. The Hall–Kier alpha value is -2.11. The van der Waals surface area contributed by atoms with Gasteiger partial charge in [0, 0.05) is 19.3 Å². The van der Waals surface area contributed by atoms with Crippen LogP contribution in [0, 0.1) is 0 Å². The van der Waals surface area contributed by atoms with Crippen LogP contribution in [0.3, 0.4) is 0 Å². The number of hydrogen-bond acceptors (Lipinski definition) is 5. The zero-order chi connectivity index (χ0) is 9.97. The van der Waals surface area contributed by atoms with E-state index in [1.54, 1.807) is 4.68 Å². The Morgan fingerprint density at radius 1 is 1.36 bits per heavy atom. The predicted molar refractivity (Wildman–Crippen MR) is 52.9 cm³/mol. The molecule has 0 amide bonds. The zero-order valence-electron chi connectivity index (χ0n) is 7.68. The lowest BCUT2D eigenvalue weighted by Gasteiger charge is -1.99. The van der Waals surface area contributed by atoms with Crippen molar-refractivity contribution in [3.8, 4) is 0 Å². The highest BCUT2D eigenvalue weighted by Gasteiger charge is 1.98. The van der Waals surface area contributed by atoms with Gasteiger partial charge in [0.15, 0.2) is 5.82 Å². The minimum absolute atomic E-state index is 0.484. The average Bonchev–Trinajstić information content (AvgIpc) is 2.56. The van der Waals surface area contributed by atoms with Crippen molar-refractivity contribution in [2.24, 2.45) is 7.05 Å². The molecule has 0 radical (unpaired) electrons. The van der Waals surface area contributed by atoms with Crippen LogP contribution in [0.2, 0.25) is 0 Å². The second kappa shape index (κ2) is 3.33. The third kappa shape index (κ3) is 1.79. The molecule has 2 rings (SSSR count). The lowest BCUT2D eigenvalue weighted by atomic mass is 10.5. The van der Waals surface area contributed by atoms with E-state index in [9.17, 15) is 0 Å². The third-order valence-electron chi connectivity index (χ3n) is 1.63. The molecule has 72 valence electrons. The lowest BCUT2D eigenvalue weighted by molar-refractivity contribution is 0.770. The quantitative estimate of drug-likeness (QED) is 0.722. The fraction of sp³-hybridized carbons (Fsp3) is 0.125. The maximum atomic E-state index is 5.45. The molecule has 0 unspecified atom stereocenters. The van der Waals surface area contributed by atoms with E-state index in [-0.39, 0.29) is 0 Å². The highest BCUT2D eigenvalue weighted by atomic mass is 15.3. The monoisotopic (exact) mass is 190 g/mol. The smallest absolute Gasteiger partial charge is 0.228 e. The molecule has 14 heavy (non-hydrogen) atoms. The number of nitrogens with zero attached hydrogens (tertiary/aromatic N) is 4. The van der Waals surface area contributed by atoms with Crippen LogP contribution in [-0.4, -0.2) is 19.7 Å². The van der Waals surface area contributed by atoms with Gasteiger partial charge in [0.2, 0.25) is 5.95 Å². The van der Waals surface area contributed by atoms with Crippen molar-refractivity contribution in [2.75, 3.05) is 11.1 Å². The predicted octanol–water partition coefficient (Wildman–Crippen LogP) is 0.536. The van der Waals surface area contributed by atoms with Gasteiger partial charge in [-0.15, -0.1) is 0 Å². The number of rotatable bonds is 2. The molecule has 2 aromatic rings. The third-order valence-corrected chi connectivity index (χ3v) is 1.63. The van der Waals surface area contributed by atoms with Crippen LogP contribution in [0.4, 0.5) is 17.5 Å². The summed E-state index contributed by atoms with van der Waals surface area (Å²) in [7, 11) is 1.84. The Bertz CT molecular complexity index is 418. The molecular weight excluding hydrogens is 180 g/mol. The average molecular weight is 190 g/mol. The standard InChI is InChI=1S/C8H10N6/c1-14-3-2-7(13-14)12-8-10-4-6(9)5-11-8/h2-5H,9H2,1H3,(H,10,11,12,13). The van der Waals surface area contributed by atoms with Gasteiger partial charge in [-0.3, -0.25) is 4.68 Å². The summed E-state index contributed by atoms with van der Waals surface area (Å²) in [4.78, 5) is 7.97. The summed E-state index contributed by atoms with van der Waals surface area (Å²) in [5.41, 5.74) is 5.99. The van der Waals surface area contributed by atoms with E-state index in [0.29, 0.717) is 17.5 Å². The van der Waals surface area contributed by atoms with Crippen molar-refractivity contribution in [1.82, 2.24) is 19.7 Å². The zero-order valence-corrected chi connectivity index (χ0v) is 7.68. The van der Waals surface area contributed by atoms with Crippen molar-refractivity contribution in [1.29, 1.82) is 0 Å². The SMILES string of the molecule is Cn1ccc(Nc2ncc(N)cn2)n1. The molecule has 0 fully saturated rings. The Morgan fingerprint density at radius 3 is 2.64 bits per heavy atom. The minimum Gasteiger partial charge on any atom is -0.396 e. The molecule has 6 nitrogen and oxygen atoms in total. The molecule has 2 heterocycles. The van der Waals surface area contributed by atoms with Crippen LogP contribution in [0.15, 0.2) is 24.7 Å². The molecule has 0 atom stereocenters. The Balaban J connectivity index is 2.15. The first-order valence-corrected chi connectivity index (χ1v) is 4.08. The Labute approximate surface area is 80.8 Å². The summed E-state index contributed by atoms with van der Waals surface area (Å²) in [5.74, 6) is 1.19. The van der Waals surface area contributed by atoms with Crippen LogP contribution < -0.4 is 11.1 Å². The second-order valence-electron chi connectivity index (χ2n) is 2.84. The molecule has 0 aliphatic heterocycles. The molecule has 0 aliphatic carbocycles. The van der Waals surface area contributed by atoms with Crippen LogP contribution in [-0.2, 0) is 7.05 Å². The highest BCUT2D eigenvalue weighted by Crippen LogP contribution is 2.08. The fourth-order valence-corrected chi connectivity index (χ4v) is 0.999. The summed E-state index contributed by atoms with van der Waals surface area (Å²) in [6.07, 6.45) is 4.91. The van der Waals surface area contributed by atoms with E-state index in [1.165, 1.54) is 12.4 Å². The van der Waals surface area contributed by atoms with Crippen LogP contribution in [0.1, 0.15) is 0 Å². The van der Waals surface area contributed by atoms with Crippen molar-refractivity contribution < 1.29 is 0 Å². The van der Waals surface area contributed by atoms with Gasteiger partial charge < -0.3 is 11.1 Å². The summed E-state index contributed by atoms with van der Waals surface area (Å²) >= 11 is 0. The maximum Gasteiger partial charge on any atom is 0.228 e. The molecule has 0 saturated heterocycles. The molecule has 0 aliphatic rings. The molecule has 0 aromatic carbocycles. The molecule has 3 N–H and O–H groups in total. The minimum atomic E-state index is 0.484. The number of hydrogen-bond donors (Lipinski definition) is 2. The van der Waals surface area contributed by atoms with E-state index in [4.69, 9.17) is 5.73 Å². The summed E-state index contributed by atoms with van der Waals surface area (Å²) in [6.45, 7) is 0. The number of anilines is 3. The summed E-state index contributed by atoms with van der Waals surface area (Å²) in [5, 5.41) is 7.06. The van der Waals surface area contributed by atoms with Crippen molar-refractivity contribution in [3.05, 3.63) is 24.7 Å². The Kier molecular flexibility index (Phi) is 2.02. The Morgan fingerprint density at radius 2 is 2.07 bits per heavy atom. The molecule has 6 heteroatoms. The largest absolute Gasteiger partial charge is 0.396 e. The molecule has 2 aromatic heterocycles. The van der Waals surface area contributed by atoms with Gasteiger partial charge in [0.1, 0.15) is 0 Å². The van der Waals surface area contributed by atoms with Crippen molar-refractivity contribution in [3.63, 3.8) is 0 Å². The maximum absolute atomic E-state index is 5.45. The number of nitrogens with one attached hydrogen (secondary N) is 1. The van der Waals surface area contributed by atoms with Gasteiger partial charge in [0.25, 0.3) is 0 Å². The summed E-state index contributed by atoms with van der Waals surface area (Å²) in [6, 6.07) is 1.83. The van der Waals surface area contributed by atoms with Crippen molar-refractivity contribution in [2.45, 2.75) is 0 Å². The van der Waals surface area contributed by atoms with Crippen molar-refractivity contribution >= 4 is 17.5 Å². The molecule has 0 spiro atoms. The number of nitrogen functional groups attached to an aromatic ring is 1. The fourth-order valence-electron chi connectivity index (χ4n) is 0.999. The highest BCUT2D eigenvalue weighted by molar-refractivity contribution is 5.47. The van der Waals surface area contributed by atoms with E-state index >= 15 is 0 Å². The lowest BCUT2D eigenvalue weighted by Crippen LogP contribution is -1.99. The first-order valence-electron chi connectivity index (χ1n) is 4.08. The van der Waals surface area contributed by atoms with E-state index in [0.717, 1.165) is 0 Å². The van der Waals surface area contributed by atoms with Crippen LogP contribution >= 0.6 is 0 Å². The van der Waals surface area contributed by atoms with Gasteiger partial charge in [0.05, 0.1) is 18.1 Å². The van der Waals surface area contributed by atoms with Gasteiger partial charge in [-0.25, -0.2) is 9.97 Å². The van der Waals surface area contributed by atoms with E-state index in [2.05, 4.69) is 20.4 Å². The first kappa shape index (κ1) is 8.49. The number of aromatic nitrogens is 4. The summed E-state index contributed by atoms with van der Waals surface area (Å²) < 4.78 is 1.69. The van der Waals surface area contributed by atoms with Gasteiger partial charge in [-0.2, -0.15) is 5.10 Å². The molecular formula is C8H10N6. The van der Waals surface area contributed by atoms with Gasteiger partial charge in [-0.05, 0) is 0 Å². The van der Waals surface area contributed by atoms with E-state index < -0.39 is 0 Å². The topological polar surface area (TPSA) is 81.7 Å². The number of nitrogens with two attached hydrogens (primary N) is 1. The second-order valence-corrected chi connectivity index (χ2v) is 2.84. The van der Waals surface area contributed by atoms with E-state index in [1.807, 2.05) is 19.3 Å². The van der Waals surface area contributed by atoms with Crippen LogP contribution in [0.5, 0.6) is 0 Å². The van der Waals surface area contributed by atoms with Crippen LogP contribution in [0.25, 0.3) is 0 Å². The van der Waals surface area contributed by atoms with Gasteiger partial charge >= 0.3 is 0 Å². The van der Waals surface area contributed by atoms with Gasteiger partial charge in [-0.1, -0.05) is 0 Å². The molecule has 0 bridgehead atoms.